The molecular formula is C17H29Cl2N5O. The molecule has 2 aromatic heterocycles. The Hall–Kier alpha value is -1.37. The van der Waals surface area contributed by atoms with Crippen LogP contribution in [0.25, 0.3) is 11.0 Å². The van der Waals surface area contributed by atoms with E-state index in [2.05, 4.69) is 29.2 Å². The molecule has 0 fully saturated rings. The van der Waals surface area contributed by atoms with Gasteiger partial charge >= 0.3 is 0 Å². The number of nitrogens with zero attached hydrogens (tertiary/aromatic N) is 3. The van der Waals surface area contributed by atoms with Crippen molar-refractivity contribution in [1.29, 1.82) is 0 Å². The zero-order chi connectivity index (χ0) is 17.4. The first kappa shape index (κ1) is 23.6. The summed E-state index contributed by atoms with van der Waals surface area (Å²) in [5.41, 5.74) is 7.48. The van der Waals surface area contributed by atoms with Crippen LogP contribution in [-0.2, 0) is 0 Å². The van der Waals surface area contributed by atoms with Crippen molar-refractivity contribution in [1.82, 2.24) is 20.1 Å². The van der Waals surface area contributed by atoms with Gasteiger partial charge in [0.05, 0.1) is 23.0 Å². The first-order valence-electron chi connectivity index (χ1n) is 8.07. The fraction of sp³-hybridized carbons (Fsp3) is 0.588. The smallest absolute Gasteiger partial charge is 0.253 e. The fourth-order valence-electron chi connectivity index (χ4n) is 2.43. The zero-order valence-corrected chi connectivity index (χ0v) is 17.3. The minimum atomic E-state index is -0.444. The Morgan fingerprint density at radius 2 is 1.92 bits per heavy atom. The number of fused-ring (bicyclic) bond motifs is 1. The number of halogens is 2. The molecule has 0 aromatic carbocycles. The van der Waals surface area contributed by atoms with Gasteiger partial charge in [0, 0.05) is 18.0 Å². The highest BCUT2D eigenvalue weighted by Gasteiger charge is 2.29. The molecule has 6 nitrogen and oxygen atoms in total. The Morgan fingerprint density at radius 1 is 1.32 bits per heavy atom. The van der Waals surface area contributed by atoms with Gasteiger partial charge in [0.25, 0.3) is 5.91 Å². The van der Waals surface area contributed by atoms with Crippen LogP contribution in [0, 0.1) is 12.8 Å². The number of carbonyl (C=O) groups is 1. The van der Waals surface area contributed by atoms with Crippen LogP contribution < -0.4 is 11.1 Å². The monoisotopic (exact) mass is 389 g/mol. The van der Waals surface area contributed by atoms with Crippen molar-refractivity contribution in [3.8, 4) is 0 Å². The quantitative estimate of drug-likeness (QED) is 0.821. The molecule has 0 saturated heterocycles. The number of hydrogen-bond donors (Lipinski definition) is 2. The van der Waals surface area contributed by atoms with E-state index in [-0.39, 0.29) is 42.7 Å². The molecule has 1 amide bonds. The molecule has 1 atom stereocenters. The van der Waals surface area contributed by atoms with Crippen LogP contribution in [0.5, 0.6) is 0 Å². The number of carbonyl (C=O) groups excluding carboxylic acids is 1. The summed E-state index contributed by atoms with van der Waals surface area (Å²) in [6.45, 7) is 12.4. The Balaban J connectivity index is 0.00000288. The molecule has 25 heavy (non-hydrogen) atoms. The van der Waals surface area contributed by atoms with Crippen LogP contribution >= 0.6 is 24.8 Å². The number of pyridine rings is 1. The van der Waals surface area contributed by atoms with Crippen molar-refractivity contribution in [2.75, 3.05) is 6.54 Å². The highest BCUT2D eigenvalue weighted by atomic mass is 35.5. The average Bonchev–Trinajstić information content (AvgIpc) is 2.88. The predicted molar refractivity (Wildman–Crippen MR) is 107 cm³/mol. The summed E-state index contributed by atoms with van der Waals surface area (Å²) in [5, 5.41) is 8.29. The number of hydrogen-bond acceptors (Lipinski definition) is 4. The fourth-order valence-corrected chi connectivity index (χ4v) is 2.43. The van der Waals surface area contributed by atoms with E-state index in [1.807, 2.05) is 38.4 Å². The zero-order valence-electron chi connectivity index (χ0n) is 15.7. The Bertz CT molecular complexity index is 729. The van der Waals surface area contributed by atoms with Crippen molar-refractivity contribution in [2.24, 2.45) is 11.7 Å². The van der Waals surface area contributed by atoms with Gasteiger partial charge in [0.2, 0.25) is 0 Å². The van der Waals surface area contributed by atoms with Crippen LogP contribution in [0.15, 0.2) is 12.3 Å². The largest absolute Gasteiger partial charge is 0.345 e. The van der Waals surface area contributed by atoms with Gasteiger partial charge in [-0.25, -0.2) is 9.67 Å². The first-order valence-corrected chi connectivity index (χ1v) is 8.07. The highest BCUT2D eigenvalue weighted by molar-refractivity contribution is 5.98. The van der Waals surface area contributed by atoms with Crippen molar-refractivity contribution in [2.45, 2.75) is 53.1 Å². The van der Waals surface area contributed by atoms with E-state index < -0.39 is 5.54 Å². The molecule has 0 saturated carbocycles. The van der Waals surface area contributed by atoms with Gasteiger partial charge in [0.1, 0.15) is 0 Å². The van der Waals surface area contributed by atoms with E-state index in [1.54, 1.807) is 6.20 Å². The maximum absolute atomic E-state index is 12.7. The van der Waals surface area contributed by atoms with Crippen molar-refractivity contribution in [3.05, 3.63) is 23.5 Å². The summed E-state index contributed by atoms with van der Waals surface area (Å²) in [5.74, 6) is 0.0907. The third-order valence-electron chi connectivity index (χ3n) is 4.59. The summed E-state index contributed by atoms with van der Waals surface area (Å²) in [7, 11) is 0. The Kier molecular flexibility index (Phi) is 8.34. The van der Waals surface area contributed by atoms with E-state index in [0.717, 1.165) is 11.0 Å². The predicted octanol–water partition coefficient (Wildman–Crippen LogP) is 3.27. The number of amides is 1. The summed E-state index contributed by atoms with van der Waals surface area (Å²) in [6, 6.07) is 2.08. The Morgan fingerprint density at radius 3 is 2.40 bits per heavy atom. The van der Waals surface area contributed by atoms with Gasteiger partial charge in [-0.05, 0) is 39.7 Å². The van der Waals surface area contributed by atoms with E-state index in [0.29, 0.717) is 17.8 Å². The van der Waals surface area contributed by atoms with Gasteiger partial charge in [-0.15, -0.1) is 24.8 Å². The van der Waals surface area contributed by atoms with Crippen LogP contribution in [0.1, 0.15) is 56.7 Å². The topological polar surface area (TPSA) is 85.8 Å². The molecule has 0 spiro atoms. The molecule has 0 aliphatic carbocycles. The lowest BCUT2D eigenvalue weighted by Crippen LogP contribution is -2.55. The number of aromatic nitrogens is 3. The van der Waals surface area contributed by atoms with Crippen LogP contribution in [0.2, 0.25) is 0 Å². The first-order chi connectivity index (χ1) is 10.7. The van der Waals surface area contributed by atoms with Crippen LogP contribution in [-0.4, -0.2) is 32.8 Å². The minimum absolute atomic E-state index is 0. The second kappa shape index (κ2) is 8.83. The SMILES string of the molecule is Cc1nc2c(cnn2C(C)C)cc1C(=O)NC(C)(CN)C(C)C.Cl.Cl. The molecule has 3 N–H and O–H groups in total. The number of rotatable bonds is 5. The molecule has 0 aliphatic heterocycles. The molecular weight excluding hydrogens is 361 g/mol. The molecule has 1 unspecified atom stereocenters. The number of nitrogens with two attached hydrogens (primary N) is 1. The van der Waals surface area contributed by atoms with E-state index >= 15 is 0 Å². The standard InChI is InChI=1S/C17H27N5O.2ClH/c1-10(2)17(6,9-18)21-16(23)14-7-13-8-19-22(11(3)4)15(13)20-12(14)5;;/h7-8,10-11H,9,18H2,1-6H3,(H,21,23);2*1H. The minimum Gasteiger partial charge on any atom is -0.345 e. The third kappa shape index (κ3) is 4.63. The molecule has 8 heteroatoms. The van der Waals surface area contributed by atoms with Gasteiger partial charge in [-0.2, -0.15) is 5.10 Å². The van der Waals surface area contributed by atoms with Crippen molar-refractivity contribution >= 4 is 41.8 Å². The second-order valence-electron chi connectivity index (χ2n) is 6.95. The maximum atomic E-state index is 12.7. The summed E-state index contributed by atoms with van der Waals surface area (Å²) >= 11 is 0. The van der Waals surface area contributed by atoms with Gasteiger partial charge in [0.15, 0.2) is 5.65 Å². The van der Waals surface area contributed by atoms with Gasteiger partial charge < -0.3 is 11.1 Å². The maximum Gasteiger partial charge on any atom is 0.253 e. The summed E-state index contributed by atoms with van der Waals surface area (Å²) < 4.78 is 1.86. The highest BCUT2D eigenvalue weighted by Crippen LogP contribution is 2.21. The normalized spacial score (nSPS) is 13.3. The molecule has 0 aliphatic rings. The van der Waals surface area contributed by atoms with Gasteiger partial charge in [-0.1, -0.05) is 13.8 Å². The van der Waals surface area contributed by atoms with Gasteiger partial charge in [-0.3, -0.25) is 4.79 Å². The van der Waals surface area contributed by atoms with Crippen molar-refractivity contribution < 1.29 is 4.79 Å². The molecule has 142 valence electrons. The third-order valence-corrected chi connectivity index (χ3v) is 4.59. The second-order valence-corrected chi connectivity index (χ2v) is 6.95. The summed E-state index contributed by atoms with van der Waals surface area (Å²) in [6.07, 6.45) is 1.75. The molecule has 2 heterocycles. The Labute approximate surface area is 161 Å². The lowest BCUT2D eigenvalue weighted by Gasteiger charge is -2.33. The number of aryl methyl sites for hydroxylation is 1. The van der Waals surface area contributed by atoms with E-state index in [4.69, 9.17) is 5.73 Å². The lowest BCUT2D eigenvalue weighted by atomic mass is 9.88. The molecule has 2 aromatic rings. The average molecular weight is 390 g/mol. The molecule has 0 bridgehead atoms. The van der Waals surface area contributed by atoms with Crippen LogP contribution in [0.4, 0.5) is 0 Å². The molecule has 2 rings (SSSR count). The lowest BCUT2D eigenvalue weighted by molar-refractivity contribution is 0.0882. The van der Waals surface area contributed by atoms with E-state index in [1.165, 1.54) is 0 Å². The van der Waals surface area contributed by atoms with E-state index in [9.17, 15) is 4.79 Å². The van der Waals surface area contributed by atoms with Crippen LogP contribution in [0.3, 0.4) is 0 Å². The molecule has 0 radical (unpaired) electrons. The summed E-state index contributed by atoms with van der Waals surface area (Å²) in [4.78, 5) is 17.3. The number of nitrogens with one attached hydrogen (secondary N) is 1. The van der Waals surface area contributed by atoms with Crippen molar-refractivity contribution in [3.63, 3.8) is 0 Å².